The van der Waals surface area contributed by atoms with Crippen LogP contribution < -0.4 is 4.72 Å². The summed E-state index contributed by atoms with van der Waals surface area (Å²) in [4.78, 5) is 0. The molecule has 1 aromatic carbocycles. The minimum absolute atomic E-state index is 0.0870. The highest BCUT2D eigenvalue weighted by Gasteiger charge is 2.16. The summed E-state index contributed by atoms with van der Waals surface area (Å²) in [6.07, 6.45) is 0.944. The number of sulfonamides is 1. The Morgan fingerprint density at radius 1 is 1.22 bits per heavy atom. The first-order valence-corrected chi connectivity index (χ1v) is 8.85. The molecule has 0 aromatic heterocycles. The van der Waals surface area contributed by atoms with Gasteiger partial charge < -0.3 is 5.11 Å². The highest BCUT2D eigenvalue weighted by atomic mass is 35.5. The molecule has 6 nitrogen and oxygen atoms in total. The molecular weight excluding hydrogens is 302 g/mol. The van der Waals surface area contributed by atoms with Crippen molar-refractivity contribution in [2.24, 2.45) is 0 Å². The van der Waals surface area contributed by atoms with E-state index in [2.05, 4.69) is 4.72 Å². The lowest BCUT2D eigenvalue weighted by Crippen LogP contribution is -2.22. The number of hydrogen-bond donors (Lipinski definition) is 2. The molecule has 0 amide bonds. The lowest BCUT2D eigenvalue weighted by Gasteiger charge is -2.09. The Kier molecular flexibility index (Phi) is 4.46. The summed E-state index contributed by atoms with van der Waals surface area (Å²) in [6.45, 7) is 0. The average molecular weight is 314 g/mol. The summed E-state index contributed by atoms with van der Waals surface area (Å²) in [7, 11) is -7.23. The van der Waals surface area contributed by atoms with Crippen LogP contribution >= 0.6 is 11.6 Å². The van der Waals surface area contributed by atoms with Crippen LogP contribution in [-0.4, -0.2) is 39.7 Å². The summed E-state index contributed by atoms with van der Waals surface area (Å²) in [5, 5.41) is 9.67. The van der Waals surface area contributed by atoms with Gasteiger partial charge in [0.25, 0.3) is 0 Å². The number of phenols is 1. The molecule has 0 saturated carbocycles. The third-order valence-electron chi connectivity index (χ3n) is 1.95. The molecule has 0 atom stereocenters. The van der Waals surface area contributed by atoms with Crippen molar-refractivity contribution in [2.45, 2.75) is 0 Å². The van der Waals surface area contributed by atoms with Crippen molar-refractivity contribution in [3.8, 4) is 5.75 Å². The van der Waals surface area contributed by atoms with Crippen LogP contribution in [-0.2, 0) is 19.9 Å². The van der Waals surface area contributed by atoms with Crippen LogP contribution in [0.1, 0.15) is 0 Å². The molecule has 2 N–H and O–H groups in total. The maximum Gasteiger partial charge on any atom is 0.233 e. The van der Waals surface area contributed by atoms with Gasteiger partial charge in [-0.3, -0.25) is 4.72 Å². The largest absolute Gasteiger partial charge is 0.506 e. The molecule has 0 spiro atoms. The van der Waals surface area contributed by atoms with Crippen LogP contribution in [0.4, 0.5) is 5.69 Å². The summed E-state index contributed by atoms with van der Waals surface area (Å²) in [5.41, 5.74) is -0.0870. The normalized spacial score (nSPS) is 12.3. The zero-order valence-corrected chi connectivity index (χ0v) is 11.8. The highest BCUT2D eigenvalue weighted by molar-refractivity contribution is 7.95. The molecule has 0 radical (unpaired) electrons. The minimum Gasteiger partial charge on any atom is -0.506 e. The van der Waals surface area contributed by atoms with Crippen molar-refractivity contribution >= 4 is 37.1 Å². The van der Waals surface area contributed by atoms with Crippen molar-refractivity contribution in [3.05, 3.63) is 23.2 Å². The van der Waals surface area contributed by atoms with Crippen LogP contribution in [0.25, 0.3) is 0 Å². The lowest BCUT2D eigenvalue weighted by molar-refractivity contribution is 0.477. The number of sulfone groups is 1. The molecule has 0 unspecified atom stereocenters. The van der Waals surface area contributed by atoms with Crippen molar-refractivity contribution in [1.29, 1.82) is 0 Å². The molecule has 1 aromatic rings. The van der Waals surface area contributed by atoms with Gasteiger partial charge in [0, 0.05) is 11.3 Å². The van der Waals surface area contributed by atoms with Crippen LogP contribution in [0.2, 0.25) is 5.02 Å². The number of aromatic hydroxyl groups is 1. The Morgan fingerprint density at radius 3 is 2.39 bits per heavy atom. The van der Waals surface area contributed by atoms with E-state index in [-0.39, 0.29) is 16.5 Å². The zero-order chi connectivity index (χ0) is 14.0. The number of hydrogen-bond acceptors (Lipinski definition) is 5. The number of phenolic OH excluding ortho intramolecular Hbond substituents is 1. The first-order valence-electron chi connectivity index (χ1n) is 4.76. The number of anilines is 1. The molecule has 0 bridgehead atoms. The molecule has 0 saturated heterocycles. The van der Waals surface area contributed by atoms with E-state index in [4.69, 9.17) is 11.6 Å². The highest BCUT2D eigenvalue weighted by Crippen LogP contribution is 2.27. The summed E-state index contributed by atoms with van der Waals surface area (Å²) in [6, 6.07) is 3.86. The van der Waals surface area contributed by atoms with Gasteiger partial charge in [-0.15, -0.1) is 0 Å². The smallest absolute Gasteiger partial charge is 0.233 e. The van der Waals surface area contributed by atoms with Crippen LogP contribution in [0, 0.1) is 0 Å². The number of rotatable bonds is 5. The van der Waals surface area contributed by atoms with Crippen molar-refractivity contribution in [3.63, 3.8) is 0 Å². The maximum absolute atomic E-state index is 11.6. The van der Waals surface area contributed by atoms with Gasteiger partial charge in [0.2, 0.25) is 10.0 Å². The van der Waals surface area contributed by atoms with Crippen LogP contribution in [0.5, 0.6) is 5.75 Å². The van der Waals surface area contributed by atoms with Gasteiger partial charge in [-0.05, 0) is 18.2 Å². The first kappa shape index (κ1) is 15.1. The Hall–Kier alpha value is -0.990. The lowest BCUT2D eigenvalue weighted by atomic mass is 10.3. The van der Waals surface area contributed by atoms with Gasteiger partial charge in [0.15, 0.2) is 0 Å². The van der Waals surface area contributed by atoms with E-state index in [1.54, 1.807) is 0 Å². The fourth-order valence-corrected chi connectivity index (χ4v) is 3.93. The molecule has 9 heteroatoms. The van der Waals surface area contributed by atoms with Crippen molar-refractivity contribution < 1.29 is 21.9 Å². The van der Waals surface area contributed by atoms with E-state index < -0.39 is 31.4 Å². The molecule has 1 rings (SSSR count). The van der Waals surface area contributed by atoms with Crippen LogP contribution in [0.3, 0.4) is 0 Å². The van der Waals surface area contributed by atoms with Crippen molar-refractivity contribution in [1.82, 2.24) is 0 Å². The minimum atomic E-state index is -3.85. The second-order valence-corrected chi connectivity index (χ2v) is 8.25. The van der Waals surface area contributed by atoms with Gasteiger partial charge in [0.05, 0.1) is 17.2 Å². The zero-order valence-electron chi connectivity index (χ0n) is 9.42. The van der Waals surface area contributed by atoms with E-state index >= 15 is 0 Å². The van der Waals surface area contributed by atoms with Gasteiger partial charge in [-0.1, -0.05) is 11.6 Å². The number of halogens is 1. The predicted octanol–water partition coefficient (Wildman–Crippen LogP) is 0.832. The summed E-state index contributed by atoms with van der Waals surface area (Å²) < 4.78 is 47.0. The van der Waals surface area contributed by atoms with Crippen molar-refractivity contribution in [2.75, 3.05) is 22.5 Å². The molecule has 0 aliphatic rings. The average Bonchev–Trinajstić information content (AvgIpc) is 2.20. The summed E-state index contributed by atoms with van der Waals surface area (Å²) in [5.74, 6) is -1.37. The third-order valence-corrected chi connectivity index (χ3v) is 4.66. The van der Waals surface area contributed by atoms with Gasteiger partial charge >= 0.3 is 0 Å². The summed E-state index contributed by atoms with van der Waals surface area (Å²) >= 11 is 5.65. The SMILES string of the molecule is CS(=O)(=O)CCS(=O)(=O)Nc1cc(Cl)ccc1O. The molecule has 0 aliphatic heterocycles. The van der Waals surface area contributed by atoms with Gasteiger partial charge in [-0.25, -0.2) is 16.8 Å². The third kappa shape index (κ3) is 5.11. The Bertz CT molecular complexity index is 639. The van der Waals surface area contributed by atoms with E-state index in [1.165, 1.54) is 18.2 Å². The standard InChI is InChI=1S/C9H12ClNO5S2/c1-17(13,14)4-5-18(15,16)11-8-6-7(10)2-3-9(8)12/h2-3,6,11-12H,4-5H2,1H3. The Balaban J connectivity index is 2.86. The topological polar surface area (TPSA) is 101 Å². The van der Waals surface area contributed by atoms with E-state index in [0.717, 1.165) is 6.26 Å². The second-order valence-electron chi connectivity index (χ2n) is 3.71. The number of benzene rings is 1. The molecule has 0 fully saturated rings. The molecule has 18 heavy (non-hydrogen) atoms. The van der Waals surface area contributed by atoms with E-state index in [9.17, 15) is 21.9 Å². The number of nitrogens with one attached hydrogen (secondary N) is 1. The maximum atomic E-state index is 11.6. The Morgan fingerprint density at radius 2 is 1.83 bits per heavy atom. The quantitative estimate of drug-likeness (QED) is 0.784. The van der Waals surface area contributed by atoms with Crippen LogP contribution in [0.15, 0.2) is 18.2 Å². The fourth-order valence-electron chi connectivity index (χ4n) is 1.07. The van der Waals surface area contributed by atoms with Gasteiger partial charge in [0.1, 0.15) is 15.6 Å². The first-order chi connectivity index (χ1) is 8.09. The molecular formula is C9H12ClNO5S2. The second kappa shape index (κ2) is 5.33. The van der Waals surface area contributed by atoms with Gasteiger partial charge in [-0.2, -0.15) is 0 Å². The molecule has 102 valence electrons. The predicted molar refractivity (Wildman–Crippen MR) is 70.2 cm³/mol. The van der Waals surface area contributed by atoms with E-state index in [0.29, 0.717) is 0 Å². The fraction of sp³-hybridized carbons (Fsp3) is 0.333. The monoisotopic (exact) mass is 313 g/mol. The van der Waals surface area contributed by atoms with E-state index in [1.807, 2.05) is 0 Å². The Labute approximate surface area is 111 Å². The molecule has 0 aliphatic carbocycles. The molecule has 0 heterocycles.